The molecule has 1 saturated carbocycles. The Hall–Kier alpha value is -3.42. The summed E-state index contributed by atoms with van der Waals surface area (Å²) in [5.41, 5.74) is 1.49. The Labute approximate surface area is 206 Å². The molecule has 3 rings (SSSR count). The zero-order chi connectivity index (χ0) is 25.4. The minimum atomic E-state index is -0.782. The summed E-state index contributed by atoms with van der Waals surface area (Å²) in [5.74, 6) is 1.29. The zero-order valence-corrected chi connectivity index (χ0v) is 20.7. The third-order valence-corrected chi connectivity index (χ3v) is 6.74. The molecule has 2 aromatic rings. The van der Waals surface area contributed by atoms with Gasteiger partial charge in [0.2, 0.25) is 5.91 Å². The molecule has 0 heterocycles. The second kappa shape index (κ2) is 12.3. The molecule has 0 aromatic heterocycles. The molecule has 188 valence electrons. The molecule has 1 amide bonds. The van der Waals surface area contributed by atoms with Gasteiger partial charge >= 0.3 is 0 Å². The predicted molar refractivity (Wildman–Crippen MR) is 133 cm³/mol. The van der Waals surface area contributed by atoms with Gasteiger partial charge in [0.25, 0.3) is 5.69 Å². The number of ether oxygens (including phenoxy) is 2. The van der Waals surface area contributed by atoms with Gasteiger partial charge in [0.15, 0.2) is 17.3 Å². The van der Waals surface area contributed by atoms with Gasteiger partial charge in [-0.3, -0.25) is 19.7 Å². The molecule has 0 bridgehead atoms. The van der Waals surface area contributed by atoms with Gasteiger partial charge in [-0.15, -0.1) is 0 Å². The van der Waals surface area contributed by atoms with E-state index in [9.17, 15) is 19.7 Å². The fourth-order valence-corrected chi connectivity index (χ4v) is 4.86. The first-order valence-electron chi connectivity index (χ1n) is 12.1. The average Bonchev–Trinajstić information content (AvgIpc) is 2.86. The van der Waals surface area contributed by atoms with Gasteiger partial charge in [-0.05, 0) is 47.7 Å². The molecule has 1 unspecified atom stereocenters. The molecule has 0 spiro atoms. The van der Waals surface area contributed by atoms with Crippen molar-refractivity contribution in [2.45, 2.75) is 57.9 Å². The normalized spacial score (nSPS) is 14.7. The highest BCUT2D eigenvalue weighted by Gasteiger charge is 2.31. The zero-order valence-electron chi connectivity index (χ0n) is 20.7. The van der Waals surface area contributed by atoms with E-state index in [2.05, 4.69) is 0 Å². The van der Waals surface area contributed by atoms with Crippen LogP contribution >= 0.6 is 0 Å². The van der Waals surface area contributed by atoms with E-state index in [1.54, 1.807) is 31.3 Å². The summed E-state index contributed by atoms with van der Waals surface area (Å²) in [7, 11) is 3.14. The highest BCUT2D eigenvalue weighted by Crippen LogP contribution is 2.33. The minimum Gasteiger partial charge on any atom is -0.493 e. The summed E-state index contributed by atoms with van der Waals surface area (Å²) in [5, 5.41) is 11.1. The first kappa shape index (κ1) is 26.2. The summed E-state index contributed by atoms with van der Waals surface area (Å²) in [4.78, 5) is 38.7. The lowest BCUT2D eigenvalue weighted by molar-refractivity contribution is -0.384. The lowest BCUT2D eigenvalue weighted by Crippen LogP contribution is -2.39. The van der Waals surface area contributed by atoms with E-state index in [0.717, 1.165) is 31.2 Å². The Bertz CT molecular complexity index is 1030. The molecular weight excluding hydrogens is 448 g/mol. The Morgan fingerprint density at radius 2 is 1.69 bits per heavy atom. The summed E-state index contributed by atoms with van der Waals surface area (Å²) in [6.07, 6.45) is 6.39. The van der Waals surface area contributed by atoms with Crippen molar-refractivity contribution in [1.29, 1.82) is 0 Å². The van der Waals surface area contributed by atoms with Crippen LogP contribution in [0.5, 0.6) is 11.5 Å². The van der Waals surface area contributed by atoms with Gasteiger partial charge in [0, 0.05) is 32.0 Å². The average molecular weight is 483 g/mol. The topological polar surface area (TPSA) is 99.0 Å². The predicted octanol–water partition coefficient (Wildman–Crippen LogP) is 5.28. The number of non-ortho nitro benzene ring substituents is 1. The number of amides is 1. The van der Waals surface area contributed by atoms with Crippen LogP contribution in [-0.2, 0) is 16.0 Å². The van der Waals surface area contributed by atoms with Gasteiger partial charge in [-0.25, -0.2) is 0 Å². The van der Waals surface area contributed by atoms with Crippen molar-refractivity contribution in [3.8, 4) is 11.5 Å². The van der Waals surface area contributed by atoms with Gasteiger partial charge < -0.3 is 14.4 Å². The maximum atomic E-state index is 13.6. The molecule has 1 atom stereocenters. The fourth-order valence-electron chi connectivity index (χ4n) is 4.86. The van der Waals surface area contributed by atoms with Crippen molar-refractivity contribution < 1.29 is 24.0 Å². The lowest BCUT2D eigenvalue weighted by atomic mass is 9.83. The molecule has 35 heavy (non-hydrogen) atoms. The van der Waals surface area contributed by atoms with Crippen LogP contribution in [-0.4, -0.2) is 42.3 Å². The number of carbonyl (C=O) groups excluding carboxylic acids is 2. The van der Waals surface area contributed by atoms with Crippen LogP contribution in [0.1, 0.15) is 62.6 Å². The summed E-state index contributed by atoms with van der Waals surface area (Å²) in [6.45, 7) is 1.78. The standard InChI is InChI=1S/C27H34N2O6/c1-19(30)28(16-15-21-9-14-25(34-2)26(18-21)35-3)27(22-10-12-23(13-11-22)29(32)33)24(31)17-20-7-5-4-6-8-20/h9-14,18,20,27H,4-8,15-17H2,1-3H3. The third-order valence-electron chi connectivity index (χ3n) is 6.74. The Morgan fingerprint density at radius 1 is 1.03 bits per heavy atom. The smallest absolute Gasteiger partial charge is 0.269 e. The number of carbonyl (C=O) groups is 2. The molecule has 8 nitrogen and oxygen atoms in total. The second-order valence-corrected chi connectivity index (χ2v) is 9.08. The monoisotopic (exact) mass is 482 g/mol. The number of nitro benzene ring substituents is 1. The van der Waals surface area contributed by atoms with Crippen molar-refractivity contribution in [2.24, 2.45) is 5.92 Å². The number of rotatable bonds is 11. The van der Waals surface area contributed by atoms with Crippen molar-refractivity contribution in [2.75, 3.05) is 20.8 Å². The Kier molecular flexibility index (Phi) is 9.23. The number of hydrogen-bond donors (Lipinski definition) is 0. The summed E-state index contributed by atoms with van der Waals surface area (Å²) >= 11 is 0. The van der Waals surface area contributed by atoms with E-state index in [1.165, 1.54) is 25.5 Å². The van der Waals surface area contributed by atoms with Crippen LogP contribution in [0.15, 0.2) is 42.5 Å². The summed E-state index contributed by atoms with van der Waals surface area (Å²) in [6, 6.07) is 10.8. The number of nitro groups is 1. The molecule has 8 heteroatoms. The maximum absolute atomic E-state index is 13.6. The number of hydrogen-bond acceptors (Lipinski definition) is 6. The molecule has 1 aliphatic rings. The van der Waals surface area contributed by atoms with Gasteiger partial charge in [-0.1, -0.05) is 38.2 Å². The molecule has 1 aliphatic carbocycles. The molecule has 0 N–H and O–H groups in total. The SMILES string of the molecule is COc1ccc(CCN(C(C)=O)C(C(=O)CC2CCCCC2)c2ccc([N+](=O)[O-])cc2)cc1OC. The molecule has 0 aliphatic heterocycles. The van der Waals surface area contributed by atoms with E-state index in [0.29, 0.717) is 42.4 Å². The summed E-state index contributed by atoms with van der Waals surface area (Å²) < 4.78 is 10.7. The van der Waals surface area contributed by atoms with Crippen molar-refractivity contribution >= 4 is 17.4 Å². The van der Waals surface area contributed by atoms with Crippen molar-refractivity contribution in [3.63, 3.8) is 0 Å². The Morgan fingerprint density at radius 3 is 2.26 bits per heavy atom. The van der Waals surface area contributed by atoms with Gasteiger partial charge in [0.1, 0.15) is 6.04 Å². The number of Topliss-reactive ketones (excluding diaryl/α,β-unsaturated/α-hetero) is 1. The van der Waals surface area contributed by atoms with Crippen LogP contribution in [0.25, 0.3) is 0 Å². The van der Waals surface area contributed by atoms with E-state index >= 15 is 0 Å². The van der Waals surface area contributed by atoms with Crippen molar-refractivity contribution in [3.05, 3.63) is 63.7 Å². The third kappa shape index (κ3) is 6.81. The van der Waals surface area contributed by atoms with Crippen LogP contribution in [0.3, 0.4) is 0 Å². The van der Waals surface area contributed by atoms with E-state index < -0.39 is 11.0 Å². The number of methoxy groups -OCH3 is 2. The van der Waals surface area contributed by atoms with Crippen molar-refractivity contribution in [1.82, 2.24) is 4.90 Å². The minimum absolute atomic E-state index is 0.0201. The number of ketones is 1. The first-order valence-corrected chi connectivity index (χ1v) is 12.1. The lowest BCUT2D eigenvalue weighted by Gasteiger charge is -2.32. The van der Waals surface area contributed by atoms with Crippen LogP contribution in [0.2, 0.25) is 0 Å². The quantitative estimate of drug-likeness (QED) is 0.319. The van der Waals surface area contributed by atoms with Crippen LogP contribution in [0, 0.1) is 16.0 Å². The van der Waals surface area contributed by atoms with Crippen LogP contribution < -0.4 is 9.47 Å². The van der Waals surface area contributed by atoms with Gasteiger partial charge in [-0.2, -0.15) is 0 Å². The molecule has 1 fully saturated rings. The maximum Gasteiger partial charge on any atom is 0.269 e. The fraction of sp³-hybridized carbons (Fsp3) is 0.481. The number of benzene rings is 2. The molecular formula is C27H34N2O6. The van der Waals surface area contributed by atoms with Crippen LogP contribution in [0.4, 0.5) is 5.69 Å². The molecule has 0 radical (unpaired) electrons. The number of nitrogens with zero attached hydrogens (tertiary/aromatic N) is 2. The largest absolute Gasteiger partial charge is 0.493 e. The molecule has 0 saturated heterocycles. The molecule has 2 aromatic carbocycles. The first-order chi connectivity index (χ1) is 16.8. The highest BCUT2D eigenvalue weighted by atomic mass is 16.6. The second-order valence-electron chi connectivity index (χ2n) is 9.08. The van der Waals surface area contributed by atoms with E-state index in [-0.39, 0.29) is 17.4 Å². The van der Waals surface area contributed by atoms with E-state index in [4.69, 9.17) is 9.47 Å². The highest BCUT2D eigenvalue weighted by molar-refractivity contribution is 5.89. The van der Waals surface area contributed by atoms with E-state index in [1.807, 2.05) is 18.2 Å². The Balaban J connectivity index is 1.87. The van der Waals surface area contributed by atoms with Gasteiger partial charge in [0.05, 0.1) is 19.1 Å².